The van der Waals surface area contributed by atoms with Crippen molar-refractivity contribution in [3.63, 3.8) is 0 Å². The summed E-state index contributed by atoms with van der Waals surface area (Å²) in [6, 6.07) is 0. The van der Waals surface area contributed by atoms with Crippen molar-refractivity contribution < 1.29 is 4.79 Å². The number of amides is 1. The summed E-state index contributed by atoms with van der Waals surface area (Å²) in [5.41, 5.74) is 5.75. The first-order valence-corrected chi connectivity index (χ1v) is 6.52. The van der Waals surface area contributed by atoms with E-state index < -0.39 is 0 Å². The number of nitrogens with one attached hydrogen (secondary N) is 1. The summed E-state index contributed by atoms with van der Waals surface area (Å²) >= 11 is 0. The minimum Gasteiger partial charge on any atom is -0.351 e. The minimum atomic E-state index is -0.164. The van der Waals surface area contributed by atoms with Crippen LogP contribution in [-0.4, -0.2) is 34.0 Å². The van der Waals surface area contributed by atoms with E-state index in [1.807, 2.05) is 0 Å². The van der Waals surface area contributed by atoms with Gasteiger partial charge in [-0.3, -0.25) is 9.48 Å². The van der Waals surface area contributed by atoms with Crippen molar-refractivity contribution in [2.24, 2.45) is 11.7 Å². The van der Waals surface area contributed by atoms with Crippen LogP contribution in [0.5, 0.6) is 0 Å². The summed E-state index contributed by atoms with van der Waals surface area (Å²) in [5, 5.41) is 10.5. The van der Waals surface area contributed by atoms with Crippen molar-refractivity contribution in [1.29, 1.82) is 0 Å². The molecule has 0 aromatic carbocycles. The maximum atomic E-state index is 11.7. The number of unbranched alkanes of at least 4 members (excludes halogenated alkanes) is 1. The number of rotatable bonds is 8. The topological polar surface area (TPSA) is 85.8 Å². The van der Waals surface area contributed by atoms with E-state index in [0.717, 1.165) is 18.8 Å². The Labute approximate surface area is 108 Å². The highest BCUT2D eigenvalue weighted by Crippen LogP contribution is 2.05. The zero-order valence-corrected chi connectivity index (χ0v) is 11.2. The lowest BCUT2D eigenvalue weighted by Gasteiger charge is -2.05. The van der Waals surface area contributed by atoms with Crippen LogP contribution in [0.15, 0.2) is 6.20 Å². The van der Waals surface area contributed by atoms with Gasteiger partial charge >= 0.3 is 0 Å². The number of carbonyl (C=O) groups excluding carboxylic acids is 1. The van der Waals surface area contributed by atoms with Gasteiger partial charge in [-0.15, -0.1) is 5.10 Å². The molecule has 102 valence electrons. The summed E-state index contributed by atoms with van der Waals surface area (Å²) in [4.78, 5) is 11.7. The Morgan fingerprint density at radius 2 is 2.28 bits per heavy atom. The molecular weight excluding hydrogens is 230 g/mol. The highest BCUT2D eigenvalue weighted by Gasteiger charge is 2.09. The summed E-state index contributed by atoms with van der Waals surface area (Å²) in [5.74, 6) is 0.555. The highest BCUT2D eigenvalue weighted by molar-refractivity contribution is 5.91. The lowest BCUT2D eigenvalue weighted by atomic mass is 10.1. The van der Waals surface area contributed by atoms with Gasteiger partial charge in [0.1, 0.15) is 0 Å². The monoisotopic (exact) mass is 253 g/mol. The van der Waals surface area contributed by atoms with Crippen molar-refractivity contribution in [3.05, 3.63) is 11.9 Å². The fourth-order valence-corrected chi connectivity index (χ4v) is 1.61. The lowest BCUT2D eigenvalue weighted by molar-refractivity contribution is 0.0948. The third-order valence-electron chi connectivity index (χ3n) is 2.62. The van der Waals surface area contributed by atoms with Gasteiger partial charge in [0.2, 0.25) is 0 Å². The molecule has 0 unspecified atom stereocenters. The number of aromatic nitrogens is 3. The predicted molar refractivity (Wildman–Crippen MR) is 70.1 cm³/mol. The summed E-state index contributed by atoms with van der Waals surface area (Å²) in [7, 11) is 0. The van der Waals surface area contributed by atoms with E-state index in [1.165, 1.54) is 6.42 Å². The Hall–Kier alpha value is -1.43. The SMILES string of the molecule is CC(C)CCCCNC(=O)c1cn(CCN)nn1. The van der Waals surface area contributed by atoms with E-state index >= 15 is 0 Å². The molecule has 0 aliphatic rings. The number of hydrogen-bond acceptors (Lipinski definition) is 4. The molecule has 0 spiro atoms. The molecule has 1 aromatic rings. The number of nitrogens with zero attached hydrogens (tertiary/aromatic N) is 3. The number of nitrogens with two attached hydrogens (primary N) is 1. The van der Waals surface area contributed by atoms with Gasteiger partial charge in [0.05, 0.1) is 12.7 Å². The molecule has 0 radical (unpaired) electrons. The zero-order valence-electron chi connectivity index (χ0n) is 11.2. The van der Waals surface area contributed by atoms with Crippen molar-refractivity contribution >= 4 is 5.91 Å². The van der Waals surface area contributed by atoms with E-state index in [2.05, 4.69) is 29.5 Å². The summed E-state index contributed by atoms with van der Waals surface area (Å²) in [6.07, 6.45) is 4.96. The van der Waals surface area contributed by atoms with E-state index in [0.29, 0.717) is 25.3 Å². The van der Waals surface area contributed by atoms with Gasteiger partial charge in [0.25, 0.3) is 5.91 Å². The molecular formula is C12H23N5O. The van der Waals surface area contributed by atoms with Crippen LogP contribution >= 0.6 is 0 Å². The molecule has 1 aromatic heterocycles. The second-order valence-corrected chi connectivity index (χ2v) is 4.80. The normalized spacial score (nSPS) is 10.9. The Morgan fingerprint density at radius 1 is 1.50 bits per heavy atom. The molecule has 0 atom stereocenters. The van der Waals surface area contributed by atoms with Crippen molar-refractivity contribution in [1.82, 2.24) is 20.3 Å². The van der Waals surface area contributed by atoms with Crippen LogP contribution in [0.25, 0.3) is 0 Å². The molecule has 1 amide bonds. The molecule has 18 heavy (non-hydrogen) atoms. The Kier molecular flexibility index (Phi) is 6.35. The fraction of sp³-hybridized carbons (Fsp3) is 0.750. The largest absolute Gasteiger partial charge is 0.351 e. The first-order chi connectivity index (χ1) is 8.63. The second-order valence-electron chi connectivity index (χ2n) is 4.80. The van der Waals surface area contributed by atoms with Crippen LogP contribution < -0.4 is 11.1 Å². The van der Waals surface area contributed by atoms with Crippen LogP contribution in [-0.2, 0) is 6.54 Å². The Bertz CT molecular complexity index is 361. The number of hydrogen-bond donors (Lipinski definition) is 2. The van der Waals surface area contributed by atoms with E-state index in [1.54, 1.807) is 10.9 Å². The second kappa shape index (κ2) is 7.81. The third-order valence-corrected chi connectivity index (χ3v) is 2.62. The summed E-state index contributed by atoms with van der Waals surface area (Å²) in [6.45, 7) is 6.16. The van der Waals surface area contributed by atoms with E-state index in [9.17, 15) is 4.79 Å². The maximum Gasteiger partial charge on any atom is 0.273 e. The van der Waals surface area contributed by atoms with Crippen LogP contribution in [0.3, 0.4) is 0 Å². The van der Waals surface area contributed by atoms with Crippen LogP contribution in [0.2, 0.25) is 0 Å². The quantitative estimate of drug-likeness (QED) is 0.671. The predicted octanol–water partition coefficient (Wildman–Crippen LogP) is 0.793. The molecule has 1 heterocycles. The van der Waals surface area contributed by atoms with Gasteiger partial charge in [-0.1, -0.05) is 31.9 Å². The Morgan fingerprint density at radius 3 is 2.94 bits per heavy atom. The minimum absolute atomic E-state index is 0.164. The van der Waals surface area contributed by atoms with Crippen molar-refractivity contribution in [2.75, 3.05) is 13.1 Å². The van der Waals surface area contributed by atoms with Gasteiger partial charge in [0, 0.05) is 13.1 Å². The van der Waals surface area contributed by atoms with Gasteiger partial charge in [-0.05, 0) is 12.3 Å². The summed E-state index contributed by atoms with van der Waals surface area (Å²) < 4.78 is 1.58. The van der Waals surface area contributed by atoms with E-state index in [-0.39, 0.29) is 5.91 Å². The molecule has 3 N–H and O–H groups in total. The molecule has 0 saturated heterocycles. The molecule has 6 heteroatoms. The van der Waals surface area contributed by atoms with Gasteiger partial charge in [0.15, 0.2) is 5.69 Å². The van der Waals surface area contributed by atoms with Crippen LogP contribution in [0.4, 0.5) is 0 Å². The maximum absolute atomic E-state index is 11.7. The number of carbonyl (C=O) groups is 1. The first kappa shape index (κ1) is 14.6. The molecule has 0 fully saturated rings. The van der Waals surface area contributed by atoms with Gasteiger partial charge in [-0.25, -0.2) is 0 Å². The lowest BCUT2D eigenvalue weighted by Crippen LogP contribution is -2.24. The smallest absolute Gasteiger partial charge is 0.273 e. The third kappa shape index (κ3) is 5.27. The standard InChI is InChI=1S/C12H23N5O/c1-10(2)5-3-4-7-14-12(18)11-9-17(8-6-13)16-15-11/h9-10H,3-8,13H2,1-2H3,(H,14,18). The van der Waals surface area contributed by atoms with E-state index in [4.69, 9.17) is 5.73 Å². The molecule has 1 rings (SSSR count). The average molecular weight is 253 g/mol. The van der Waals surface area contributed by atoms with Gasteiger partial charge in [-0.2, -0.15) is 0 Å². The van der Waals surface area contributed by atoms with Crippen LogP contribution in [0, 0.1) is 5.92 Å². The molecule has 6 nitrogen and oxygen atoms in total. The molecule has 0 saturated carbocycles. The van der Waals surface area contributed by atoms with Crippen molar-refractivity contribution in [3.8, 4) is 0 Å². The van der Waals surface area contributed by atoms with Gasteiger partial charge < -0.3 is 11.1 Å². The fourth-order valence-electron chi connectivity index (χ4n) is 1.61. The van der Waals surface area contributed by atoms with Crippen molar-refractivity contribution in [2.45, 2.75) is 39.7 Å². The average Bonchev–Trinajstić information content (AvgIpc) is 2.77. The molecule has 0 bridgehead atoms. The van der Waals surface area contributed by atoms with Crippen LogP contribution in [0.1, 0.15) is 43.6 Å². The molecule has 0 aliphatic carbocycles. The Balaban J connectivity index is 2.23. The zero-order chi connectivity index (χ0) is 13.4. The first-order valence-electron chi connectivity index (χ1n) is 6.52. The molecule has 0 aliphatic heterocycles. The highest BCUT2D eigenvalue weighted by atomic mass is 16.2.